The van der Waals surface area contributed by atoms with Crippen molar-refractivity contribution in [2.75, 3.05) is 11.7 Å². The average Bonchev–Trinajstić information content (AvgIpc) is 3.34. The Morgan fingerprint density at radius 1 is 1.03 bits per heavy atom. The number of nitrogens with one attached hydrogen (secondary N) is 1. The number of ether oxygens (including phenoxy) is 3. The summed E-state index contributed by atoms with van der Waals surface area (Å²) in [6.07, 6.45) is 1.40. The Labute approximate surface area is 242 Å². The number of imide groups is 2. The molecule has 0 aromatic heterocycles. The standard InChI is InChI=1S/C25H15I2N3O8/c26-18-8-14(9-19(27)22(18)36-11-13-2-1-3-16(6-13)30(34)35)7-17-23(31)28-25(33)29(24(17)32)15-4-5-20-21(10-15)38-12-37-20/h1-10H,11-12H2,(H,28,31,33)/b17-7+. The van der Waals surface area contributed by atoms with Crippen LogP contribution in [0.3, 0.4) is 0 Å². The summed E-state index contributed by atoms with van der Waals surface area (Å²) in [5.41, 5.74) is 1.15. The highest BCUT2D eigenvalue weighted by Crippen LogP contribution is 2.37. The molecule has 0 atom stereocenters. The van der Waals surface area contributed by atoms with Gasteiger partial charge in [0.15, 0.2) is 11.5 Å². The number of fused-ring (bicyclic) bond motifs is 1. The number of nitrogens with zero attached hydrogens (tertiary/aromatic N) is 2. The van der Waals surface area contributed by atoms with E-state index >= 15 is 0 Å². The largest absolute Gasteiger partial charge is 0.487 e. The summed E-state index contributed by atoms with van der Waals surface area (Å²) in [5, 5.41) is 13.2. The molecule has 38 heavy (non-hydrogen) atoms. The van der Waals surface area contributed by atoms with Crippen molar-refractivity contribution in [3.8, 4) is 17.2 Å². The summed E-state index contributed by atoms with van der Waals surface area (Å²) < 4.78 is 17.9. The minimum Gasteiger partial charge on any atom is -0.487 e. The van der Waals surface area contributed by atoms with Crippen molar-refractivity contribution in [3.63, 3.8) is 0 Å². The number of halogens is 2. The van der Waals surface area contributed by atoms with Crippen molar-refractivity contribution in [3.05, 3.63) is 88.6 Å². The molecule has 2 aliphatic heterocycles. The first kappa shape index (κ1) is 25.9. The molecular formula is C25H15I2N3O8. The highest BCUT2D eigenvalue weighted by molar-refractivity contribution is 14.1. The molecule has 0 unspecified atom stereocenters. The van der Waals surface area contributed by atoms with E-state index in [2.05, 4.69) is 50.5 Å². The summed E-state index contributed by atoms with van der Waals surface area (Å²) in [6.45, 7) is 0.145. The lowest BCUT2D eigenvalue weighted by atomic mass is 10.1. The van der Waals surface area contributed by atoms with Gasteiger partial charge < -0.3 is 14.2 Å². The number of hydrogen-bond acceptors (Lipinski definition) is 8. The number of non-ortho nitro benzene ring substituents is 1. The quantitative estimate of drug-likeness (QED) is 0.126. The van der Waals surface area contributed by atoms with E-state index in [9.17, 15) is 24.5 Å². The molecule has 3 aromatic rings. The number of nitro benzene ring substituents is 1. The van der Waals surface area contributed by atoms with Gasteiger partial charge in [-0.05, 0) is 86.7 Å². The van der Waals surface area contributed by atoms with E-state index in [0.717, 1.165) is 4.90 Å². The fourth-order valence-corrected chi connectivity index (χ4v) is 5.93. The van der Waals surface area contributed by atoms with Crippen molar-refractivity contribution in [2.45, 2.75) is 6.61 Å². The van der Waals surface area contributed by atoms with Gasteiger partial charge in [0.1, 0.15) is 17.9 Å². The van der Waals surface area contributed by atoms with E-state index in [1.165, 1.54) is 30.3 Å². The first-order valence-electron chi connectivity index (χ1n) is 10.9. The maximum absolute atomic E-state index is 13.3. The average molecular weight is 739 g/mol. The Morgan fingerprint density at radius 2 is 1.76 bits per heavy atom. The molecule has 0 saturated carbocycles. The van der Waals surface area contributed by atoms with Gasteiger partial charge in [0.25, 0.3) is 17.5 Å². The zero-order valence-electron chi connectivity index (χ0n) is 19.1. The van der Waals surface area contributed by atoms with Gasteiger partial charge in [0, 0.05) is 18.2 Å². The Balaban J connectivity index is 1.39. The number of benzene rings is 3. The number of barbiturate groups is 1. The van der Waals surface area contributed by atoms with Crippen LogP contribution in [0, 0.1) is 17.3 Å². The SMILES string of the molecule is O=C1NC(=O)N(c2ccc3c(c2)OCO3)C(=O)/C1=C/c1cc(I)c(OCc2cccc([N+](=O)[O-])c2)c(I)c1. The molecule has 1 N–H and O–H groups in total. The highest BCUT2D eigenvalue weighted by atomic mass is 127. The normalized spacial score (nSPS) is 15.6. The molecule has 2 heterocycles. The molecular weight excluding hydrogens is 724 g/mol. The van der Waals surface area contributed by atoms with Crippen LogP contribution >= 0.6 is 45.2 Å². The lowest BCUT2D eigenvalue weighted by molar-refractivity contribution is -0.384. The smallest absolute Gasteiger partial charge is 0.335 e. The van der Waals surface area contributed by atoms with Gasteiger partial charge in [-0.1, -0.05) is 12.1 Å². The highest BCUT2D eigenvalue weighted by Gasteiger charge is 2.37. The first-order valence-corrected chi connectivity index (χ1v) is 13.0. The minimum atomic E-state index is -0.870. The van der Waals surface area contributed by atoms with Crippen LogP contribution in [0.15, 0.2) is 60.2 Å². The second kappa shape index (κ2) is 10.6. The second-order valence-corrected chi connectivity index (χ2v) is 10.3. The van der Waals surface area contributed by atoms with Crippen molar-refractivity contribution in [1.82, 2.24) is 5.32 Å². The van der Waals surface area contributed by atoms with E-state index in [4.69, 9.17) is 14.2 Å². The third-order valence-corrected chi connectivity index (χ3v) is 7.15. The topological polar surface area (TPSA) is 137 Å². The third kappa shape index (κ3) is 5.15. The van der Waals surface area contributed by atoms with Gasteiger partial charge in [0.05, 0.1) is 17.8 Å². The van der Waals surface area contributed by atoms with E-state index in [-0.39, 0.29) is 30.3 Å². The van der Waals surface area contributed by atoms with Crippen LogP contribution in [0.25, 0.3) is 6.08 Å². The number of amides is 4. The fourth-order valence-electron chi connectivity index (χ4n) is 3.80. The molecule has 3 aromatic carbocycles. The number of nitro groups is 1. The van der Waals surface area contributed by atoms with Gasteiger partial charge >= 0.3 is 6.03 Å². The van der Waals surface area contributed by atoms with Gasteiger partial charge in [-0.3, -0.25) is 25.0 Å². The predicted octanol–water partition coefficient (Wildman–Crippen LogP) is 4.78. The summed E-state index contributed by atoms with van der Waals surface area (Å²) in [4.78, 5) is 49.8. The van der Waals surface area contributed by atoms with E-state index in [0.29, 0.717) is 35.5 Å². The lowest BCUT2D eigenvalue weighted by Gasteiger charge is -2.26. The van der Waals surface area contributed by atoms with Crippen molar-refractivity contribution >= 4 is 80.5 Å². The summed E-state index contributed by atoms with van der Waals surface area (Å²) in [6, 6.07) is 13.3. The zero-order chi connectivity index (χ0) is 27.0. The molecule has 1 fully saturated rings. The monoisotopic (exact) mass is 739 g/mol. The summed E-state index contributed by atoms with van der Waals surface area (Å²) in [5.74, 6) is -0.171. The molecule has 0 spiro atoms. The maximum Gasteiger partial charge on any atom is 0.335 e. The van der Waals surface area contributed by atoms with Crippen molar-refractivity contribution in [1.29, 1.82) is 0 Å². The van der Waals surface area contributed by atoms with E-state index in [1.807, 2.05) is 0 Å². The number of carbonyl (C=O) groups is 3. The van der Waals surface area contributed by atoms with Crippen LogP contribution in [-0.2, 0) is 16.2 Å². The maximum atomic E-state index is 13.3. The van der Waals surface area contributed by atoms with Gasteiger partial charge in [-0.2, -0.15) is 0 Å². The molecule has 0 aliphatic carbocycles. The molecule has 13 heteroatoms. The first-order chi connectivity index (χ1) is 18.2. The van der Waals surface area contributed by atoms with Gasteiger partial charge in [-0.15, -0.1) is 0 Å². The summed E-state index contributed by atoms with van der Waals surface area (Å²) in [7, 11) is 0. The molecule has 1 saturated heterocycles. The Kier molecular flexibility index (Phi) is 7.20. The molecule has 11 nitrogen and oxygen atoms in total. The van der Waals surface area contributed by atoms with E-state index in [1.54, 1.807) is 30.3 Å². The predicted molar refractivity (Wildman–Crippen MR) is 151 cm³/mol. The second-order valence-electron chi connectivity index (χ2n) is 8.02. The minimum absolute atomic E-state index is 0.0267. The lowest BCUT2D eigenvalue weighted by Crippen LogP contribution is -2.54. The number of hydrogen-bond donors (Lipinski definition) is 1. The van der Waals surface area contributed by atoms with Crippen LogP contribution in [0.1, 0.15) is 11.1 Å². The molecule has 192 valence electrons. The molecule has 0 radical (unpaired) electrons. The number of rotatable bonds is 6. The molecule has 2 aliphatic rings. The Bertz CT molecular complexity index is 1530. The number of urea groups is 1. The summed E-state index contributed by atoms with van der Waals surface area (Å²) >= 11 is 4.13. The number of anilines is 1. The molecule has 0 bridgehead atoms. The van der Waals surface area contributed by atoms with E-state index < -0.39 is 22.8 Å². The van der Waals surface area contributed by atoms with Crippen molar-refractivity contribution in [2.24, 2.45) is 0 Å². The fraction of sp³-hybridized carbons (Fsp3) is 0.0800. The third-order valence-electron chi connectivity index (χ3n) is 5.55. The zero-order valence-corrected chi connectivity index (χ0v) is 23.4. The molecule has 5 rings (SSSR count). The Morgan fingerprint density at radius 3 is 2.50 bits per heavy atom. The van der Waals surface area contributed by atoms with Crippen LogP contribution in [0.4, 0.5) is 16.2 Å². The van der Waals surface area contributed by atoms with Gasteiger partial charge in [-0.25, -0.2) is 9.69 Å². The van der Waals surface area contributed by atoms with Crippen molar-refractivity contribution < 1.29 is 33.5 Å². The van der Waals surface area contributed by atoms with Crippen LogP contribution in [0.5, 0.6) is 17.2 Å². The Hall–Kier alpha value is -3.73. The van der Waals surface area contributed by atoms with Gasteiger partial charge in [0.2, 0.25) is 6.79 Å². The van der Waals surface area contributed by atoms with Crippen LogP contribution in [-0.4, -0.2) is 29.6 Å². The van der Waals surface area contributed by atoms with Crippen LogP contribution < -0.4 is 24.4 Å². The molecule has 4 amide bonds. The number of carbonyl (C=O) groups excluding carboxylic acids is 3. The van der Waals surface area contributed by atoms with Crippen LogP contribution in [0.2, 0.25) is 0 Å².